The fraction of sp³-hybridized carbons (Fsp3) is 0.353. The minimum Gasteiger partial charge on any atom is -0.382 e. The maximum Gasteiger partial charge on any atom is 0.356 e. The van der Waals surface area contributed by atoms with E-state index in [0.717, 1.165) is 10.0 Å². The predicted octanol–water partition coefficient (Wildman–Crippen LogP) is 3.52. The molecule has 0 bridgehead atoms. The Morgan fingerprint density at radius 2 is 2.25 bits per heavy atom. The third-order valence-corrected chi connectivity index (χ3v) is 6.48. The first-order valence-electron chi connectivity index (χ1n) is 8.71. The van der Waals surface area contributed by atoms with Crippen LogP contribution in [0.25, 0.3) is 11.2 Å². The zero-order valence-corrected chi connectivity index (χ0v) is 17.4. The summed E-state index contributed by atoms with van der Waals surface area (Å²) in [6.07, 6.45) is 3.26. The Morgan fingerprint density at radius 3 is 3.11 bits per heavy atom. The largest absolute Gasteiger partial charge is 0.382 e. The van der Waals surface area contributed by atoms with Gasteiger partial charge in [-0.05, 0) is 17.7 Å². The van der Waals surface area contributed by atoms with Crippen molar-refractivity contribution in [2.24, 2.45) is 0 Å². The number of imidazole rings is 1. The van der Waals surface area contributed by atoms with Gasteiger partial charge in [-0.3, -0.25) is 9.09 Å². The van der Waals surface area contributed by atoms with Gasteiger partial charge in [-0.1, -0.05) is 28.1 Å². The lowest BCUT2D eigenvalue weighted by Gasteiger charge is -2.30. The van der Waals surface area contributed by atoms with Crippen molar-refractivity contribution in [2.75, 3.05) is 25.3 Å². The molecule has 148 valence electrons. The van der Waals surface area contributed by atoms with Gasteiger partial charge in [0.2, 0.25) is 0 Å². The van der Waals surface area contributed by atoms with Crippen molar-refractivity contribution in [3.05, 3.63) is 47.0 Å². The van der Waals surface area contributed by atoms with E-state index in [1.165, 1.54) is 6.33 Å². The van der Waals surface area contributed by atoms with Gasteiger partial charge in [0.1, 0.15) is 18.2 Å². The number of fused-ring (bicyclic) bond motifs is 1. The summed E-state index contributed by atoms with van der Waals surface area (Å²) < 4.78 is 32.4. The Hall–Kier alpha value is -1.84. The molecule has 0 spiro atoms. The van der Waals surface area contributed by atoms with Crippen LogP contribution >= 0.6 is 23.5 Å². The van der Waals surface area contributed by atoms with Crippen molar-refractivity contribution in [2.45, 2.75) is 19.1 Å². The van der Waals surface area contributed by atoms with E-state index in [9.17, 15) is 4.57 Å². The van der Waals surface area contributed by atoms with Gasteiger partial charge in [0, 0.05) is 17.4 Å². The summed E-state index contributed by atoms with van der Waals surface area (Å²) in [5.74, 6) is 0.330. The fourth-order valence-electron chi connectivity index (χ4n) is 2.98. The van der Waals surface area contributed by atoms with Crippen LogP contribution in [-0.4, -0.2) is 39.1 Å². The molecule has 1 fully saturated rings. The number of nitrogens with zero attached hydrogens (tertiary/aromatic N) is 4. The lowest BCUT2D eigenvalue weighted by atomic mass is 10.1. The van der Waals surface area contributed by atoms with Crippen LogP contribution in [0, 0.1) is 0 Å². The van der Waals surface area contributed by atoms with Gasteiger partial charge in [0.05, 0.1) is 25.6 Å². The lowest BCUT2D eigenvalue weighted by molar-refractivity contribution is 0.0563. The molecule has 3 aromatic rings. The van der Waals surface area contributed by atoms with Crippen molar-refractivity contribution in [3.63, 3.8) is 0 Å². The number of aromatic nitrogens is 4. The van der Waals surface area contributed by atoms with E-state index < -0.39 is 7.60 Å². The van der Waals surface area contributed by atoms with E-state index in [2.05, 4.69) is 30.9 Å². The normalized spacial score (nSPS) is 22.5. The fourth-order valence-corrected chi connectivity index (χ4v) is 4.94. The topological polar surface area (TPSA) is 114 Å². The Morgan fingerprint density at radius 1 is 1.36 bits per heavy atom. The second kappa shape index (κ2) is 8.26. The smallest absolute Gasteiger partial charge is 0.356 e. The molecule has 0 radical (unpaired) electrons. The highest BCUT2D eigenvalue weighted by molar-refractivity contribution is 9.10. The molecule has 2 aromatic heterocycles. The molecule has 0 amide bonds. The molecule has 2 atom stereocenters. The number of nitrogen functional groups attached to an aromatic ring is 1. The van der Waals surface area contributed by atoms with Crippen LogP contribution in [0.5, 0.6) is 0 Å². The molecular weight excluding hydrogens is 449 g/mol. The SMILES string of the molecule is Nc1ncnc2c1ncn2CCOCP1(=O)OCCC(c2cccc(Br)c2)O1. The van der Waals surface area contributed by atoms with Crippen LogP contribution in [0.15, 0.2) is 41.4 Å². The number of halogens is 1. The highest BCUT2D eigenvalue weighted by Gasteiger charge is 2.34. The molecule has 4 rings (SSSR count). The quantitative estimate of drug-likeness (QED) is 0.432. The predicted molar refractivity (Wildman–Crippen MR) is 107 cm³/mol. The van der Waals surface area contributed by atoms with Crippen LogP contribution in [0.3, 0.4) is 0 Å². The Labute approximate surface area is 169 Å². The molecule has 9 nitrogen and oxygen atoms in total. The summed E-state index contributed by atoms with van der Waals surface area (Å²) in [4.78, 5) is 12.3. The molecule has 11 heteroatoms. The molecule has 2 unspecified atom stereocenters. The van der Waals surface area contributed by atoms with Gasteiger partial charge in [-0.15, -0.1) is 0 Å². The lowest BCUT2D eigenvalue weighted by Crippen LogP contribution is -2.17. The van der Waals surface area contributed by atoms with Crippen LogP contribution < -0.4 is 5.73 Å². The summed E-state index contributed by atoms with van der Waals surface area (Å²) in [6, 6.07) is 7.76. The van der Waals surface area contributed by atoms with Crippen molar-refractivity contribution < 1.29 is 18.3 Å². The molecule has 2 N–H and O–H groups in total. The standard InChI is InChI=1S/C17H19BrN5O4P/c18-13-3-1-2-12(8-13)14-4-6-26-28(24,27-14)11-25-7-5-23-10-22-15-16(19)20-9-21-17(15)23/h1-3,8-10,14H,4-7,11H2,(H2,19,20,21). The highest BCUT2D eigenvalue weighted by atomic mass is 79.9. The van der Waals surface area contributed by atoms with Crippen molar-refractivity contribution in [3.8, 4) is 0 Å². The Bertz CT molecular complexity index is 1030. The molecule has 1 aromatic carbocycles. The second-order valence-corrected chi connectivity index (χ2v) is 9.15. The maximum absolute atomic E-state index is 12.9. The average Bonchev–Trinajstić information content (AvgIpc) is 3.10. The third-order valence-electron chi connectivity index (χ3n) is 4.33. The van der Waals surface area contributed by atoms with Crippen LogP contribution in [0.2, 0.25) is 0 Å². The van der Waals surface area contributed by atoms with E-state index >= 15 is 0 Å². The highest BCUT2D eigenvalue weighted by Crippen LogP contribution is 2.56. The van der Waals surface area contributed by atoms with Crippen molar-refractivity contribution >= 4 is 40.5 Å². The average molecular weight is 468 g/mol. The number of hydrogen-bond donors (Lipinski definition) is 1. The van der Waals surface area contributed by atoms with Gasteiger partial charge < -0.3 is 19.6 Å². The van der Waals surface area contributed by atoms with Crippen LogP contribution in [0.4, 0.5) is 5.82 Å². The van der Waals surface area contributed by atoms with E-state index in [1.54, 1.807) is 10.9 Å². The summed E-state index contributed by atoms with van der Waals surface area (Å²) >= 11 is 3.44. The molecular formula is C17H19BrN5O4P. The van der Waals surface area contributed by atoms with Gasteiger partial charge in [0.25, 0.3) is 0 Å². The van der Waals surface area contributed by atoms with Gasteiger partial charge in [-0.2, -0.15) is 0 Å². The monoisotopic (exact) mass is 467 g/mol. The number of nitrogens with two attached hydrogens (primary N) is 1. The van der Waals surface area contributed by atoms with Gasteiger partial charge in [-0.25, -0.2) is 15.0 Å². The second-order valence-electron chi connectivity index (χ2n) is 6.29. The molecule has 0 aliphatic carbocycles. The Balaban J connectivity index is 1.33. The summed E-state index contributed by atoms with van der Waals surface area (Å²) in [7, 11) is -3.32. The molecule has 3 heterocycles. The van der Waals surface area contributed by atoms with Crippen molar-refractivity contribution in [1.82, 2.24) is 19.5 Å². The maximum atomic E-state index is 12.9. The van der Waals surface area contributed by atoms with Gasteiger partial charge in [0.15, 0.2) is 11.5 Å². The molecule has 1 aliphatic heterocycles. The van der Waals surface area contributed by atoms with E-state index in [1.807, 2.05) is 24.3 Å². The van der Waals surface area contributed by atoms with Crippen LogP contribution in [0.1, 0.15) is 18.1 Å². The molecule has 0 saturated carbocycles. The number of ether oxygens (including phenoxy) is 1. The first-order chi connectivity index (χ1) is 13.5. The molecule has 1 saturated heterocycles. The first-order valence-corrected chi connectivity index (χ1v) is 11.2. The van der Waals surface area contributed by atoms with Crippen molar-refractivity contribution in [1.29, 1.82) is 0 Å². The minimum absolute atomic E-state index is 0.110. The summed E-state index contributed by atoms with van der Waals surface area (Å²) in [5, 5.41) is 0. The first kappa shape index (κ1) is 19.5. The summed E-state index contributed by atoms with van der Waals surface area (Å²) in [6.45, 7) is 1.13. The van der Waals surface area contributed by atoms with Gasteiger partial charge >= 0.3 is 7.60 Å². The third kappa shape index (κ3) is 4.26. The van der Waals surface area contributed by atoms with E-state index in [-0.39, 0.29) is 12.5 Å². The zero-order valence-electron chi connectivity index (χ0n) is 14.9. The Kier molecular flexibility index (Phi) is 5.75. The van der Waals surface area contributed by atoms with E-state index in [4.69, 9.17) is 19.5 Å². The summed E-state index contributed by atoms with van der Waals surface area (Å²) in [5.41, 5.74) is 7.91. The molecule has 28 heavy (non-hydrogen) atoms. The van der Waals surface area contributed by atoms with E-state index in [0.29, 0.717) is 43.2 Å². The number of rotatable bonds is 6. The number of hydrogen-bond acceptors (Lipinski definition) is 8. The number of benzene rings is 1. The molecule has 1 aliphatic rings. The zero-order chi connectivity index (χ0) is 19.6. The number of anilines is 1. The van der Waals surface area contributed by atoms with Crippen LogP contribution in [-0.2, 0) is 24.9 Å². The minimum atomic E-state index is -3.32.